The number of benzene rings is 2. The van der Waals surface area contributed by atoms with Gasteiger partial charge in [0.2, 0.25) is 5.91 Å². The summed E-state index contributed by atoms with van der Waals surface area (Å²) in [6.45, 7) is 2.08. The molecule has 1 saturated carbocycles. The predicted octanol–water partition coefficient (Wildman–Crippen LogP) is 6.77. The molecule has 2 aromatic carbocycles. The van der Waals surface area contributed by atoms with Crippen molar-refractivity contribution in [2.75, 3.05) is 10.6 Å². The van der Waals surface area contributed by atoms with Gasteiger partial charge in [0.25, 0.3) is 0 Å². The number of nitrogens with zero attached hydrogens (tertiary/aromatic N) is 1. The molecule has 0 aliphatic heterocycles. The monoisotopic (exact) mass is 405 g/mol. The molecule has 4 rings (SSSR count). The molecule has 1 aromatic heterocycles. The third kappa shape index (κ3) is 5.45. The van der Waals surface area contributed by atoms with Crippen molar-refractivity contribution in [3.05, 3.63) is 59.5 Å². The highest BCUT2D eigenvalue weighted by Gasteiger charge is 2.16. The maximum Gasteiger partial charge on any atom is 0.224 e. The van der Waals surface area contributed by atoms with E-state index in [1.54, 1.807) is 11.3 Å². The van der Waals surface area contributed by atoms with Crippen LogP contribution in [-0.4, -0.2) is 10.9 Å². The zero-order valence-electron chi connectivity index (χ0n) is 16.8. The van der Waals surface area contributed by atoms with Crippen molar-refractivity contribution >= 4 is 33.8 Å². The fourth-order valence-electron chi connectivity index (χ4n) is 3.81. The van der Waals surface area contributed by atoms with Crippen LogP contribution in [0, 0.1) is 12.8 Å². The van der Waals surface area contributed by atoms with E-state index in [2.05, 4.69) is 46.8 Å². The number of amides is 1. The Bertz CT molecular complexity index is 941. The quantitative estimate of drug-likeness (QED) is 0.456. The molecule has 1 fully saturated rings. The molecule has 0 radical (unpaired) electrons. The van der Waals surface area contributed by atoms with E-state index in [0.717, 1.165) is 40.1 Å². The summed E-state index contributed by atoms with van der Waals surface area (Å²) in [6, 6.07) is 16.2. The average molecular weight is 406 g/mol. The summed E-state index contributed by atoms with van der Waals surface area (Å²) < 4.78 is 0. The van der Waals surface area contributed by atoms with Gasteiger partial charge in [-0.3, -0.25) is 4.79 Å². The summed E-state index contributed by atoms with van der Waals surface area (Å²) in [5.74, 6) is 0.860. The first-order chi connectivity index (χ1) is 14.2. The van der Waals surface area contributed by atoms with E-state index < -0.39 is 0 Å². The van der Waals surface area contributed by atoms with Crippen LogP contribution in [0.2, 0.25) is 0 Å². The van der Waals surface area contributed by atoms with Gasteiger partial charge in [0.05, 0.1) is 5.69 Å². The number of thiazole rings is 1. The van der Waals surface area contributed by atoms with Crippen molar-refractivity contribution in [2.45, 2.75) is 45.4 Å². The van der Waals surface area contributed by atoms with Crippen LogP contribution in [0.4, 0.5) is 16.5 Å². The SMILES string of the molecule is Cc1ccc(Nc2nc(-c3ccc(NC(=O)CCC4CCCC4)cc3)cs2)cc1. The average Bonchev–Trinajstić information content (AvgIpc) is 3.41. The van der Waals surface area contributed by atoms with Crippen LogP contribution in [0.5, 0.6) is 0 Å². The van der Waals surface area contributed by atoms with E-state index in [-0.39, 0.29) is 5.91 Å². The molecule has 0 saturated heterocycles. The predicted molar refractivity (Wildman–Crippen MR) is 122 cm³/mol. The molecule has 150 valence electrons. The van der Waals surface area contributed by atoms with E-state index in [4.69, 9.17) is 0 Å². The molecule has 0 bridgehead atoms. The van der Waals surface area contributed by atoms with Gasteiger partial charge in [-0.15, -0.1) is 11.3 Å². The van der Waals surface area contributed by atoms with Gasteiger partial charge in [-0.1, -0.05) is 55.5 Å². The molecule has 4 nitrogen and oxygen atoms in total. The van der Waals surface area contributed by atoms with Crippen LogP contribution in [0.1, 0.15) is 44.1 Å². The highest BCUT2D eigenvalue weighted by Crippen LogP contribution is 2.29. The number of aryl methyl sites for hydroxylation is 1. The molecule has 2 N–H and O–H groups in total. The molecule has 0 unspecified atom stereocenters. The summed E-state index contributed by atoms with van der Waals surface area (Å²) in [5, 5.41) is 9.28. The minimum absolute atomic E-state index is 0.114. The molecule has 29 heavy (non-hydrogen) atoms. The molecule has 3 aromatic rings. The van der Waals surface area contributed by atoms with Crippen molar-refractivity contribution in [3.8, 4) is 11.3 Å². The highest BCUT2D eigenvalue weighted by atomic mass is 32.1. The van der Waals surface area contributed by atoms with Gasteiger partial charge in [-0.05, 0) is 43.5 Å². The number of aromatic nitrogens is 1. The second-order valence-electron chi connectivity index (χ2n) is 7.84. The first kappa shape index (κ1) is 19.6. The lowest BCUT2D eigenvalue weighted by Gasteiger charge is -2.09. The number of rotatable bonds is 7. The summed E-state index contributed by atoms with van der Waals surface area (Å²) in [4.78, 5) is 16.9. The molecule has 1 aliphatic carbocycles. The molecule has 0 atom stereocenters. The largest absolute Gasteiger partial charge is 0.332 e. The van der Waals surface area contributed by atoms with Crippen LogP contribution < -0.4 is 10.6 Å². The first-order valence-corrected chi connectivity index (χ1v) is 11.2. The molecule has 0 spiro atoms. The summed E-state index contributed by atoms with van der Waals surface area (Å²) in [7, 11) is 0. The molecular weight excluding hydrogens is 378 g/mol. The number of carbonyl (C=O) groups is 1. The third-order valence-electron chi connectivity index (χ3n) is 5.53. The highest BCUT2D eigenvalue weighted by molar-refractivity contribution is 7.14. The van der Waals surface area contributed by atoms with E-state index in [1.165, 1.54) is 31.2 Å². The van der Waals surface area contributed by atoms with Crippen molar-refractivity contribution in [1.82, 2.24) is 4.98 Å². The number of nitrogens with one attached hydrogen (secondary N) is 2. The number of carbonyl (C=O) groups excluding carboxylic acids is 1. The zero-order chi connectivity index (χ0) is 20.1. The van der Waals surface area contributed by atoms with E-state index >= 15 is 0 Å². The van der Waals surface area contributed by atoms with Crippen molar-refractivity contribution in [1.29, 1.82) is 0 Å². The first-order valence-electron chi connectivity index (χ1n) is 10.4. The van der Waals surface area contributed by atoms with Crippen LogP contribution in [0.25, 0.3) is 11.3 Å². The molecule has 5 heteroatoms. The minimum atomic E-state index is 0.114. The van der Waals surface area contributed by atoms with Gasteiger partial charge in [-0.25, -0.2) is 4.98 Å². The van der Waals surface area contributed by atoms with Gasteiger partial charge in [0.15, 0.2) is 5.13 Å². The third-order valence-corrected chi connectivity index (χ3v) is 6.28. The van der Waals surface area contributed by atoms with Crippen LogP contribution in [0.3, 0.4) is 0 Å². The van der Waals surface area contributed by atoms with E-state index in [0.29, 0.717) is 6.42 Å². The standard InChI is InChI=1S/C24H27N3OS/c1-17-6-11-21(12-7-17)26-24-27-22(16-29-24)19-9-13-20(14-10-19)25-23(28)15-8-18-4-2-3-5-18/h6-7,9-14,16,18H,2-5,8,15H2,1H3,(H,25,28)(H,26,27). The Labute approximate surface area is 176 Å². The summed E-state index contributed by atoms with van der Waals surface area (Å²) in [6.07, 6.45) is 6.86. The van der Waals surface area contributed by atoms with Gasteiger partial charge in [0, 0.05) is 28.7 Å². The van der Waals surface area contributed by atoms with Gasteiger partial charge in [-0.2, -0.15) is 0 Å². The normalized spacial score (nSPS) is 14.1. The molecule has 1 aliphatic rings. The van der Waals surface area contributed by atoms with Crippen LogP contribution in [-0.2, 0) is 4.79 Å². The van der Waals surface area contributed by atoms with Gasteiger partial charge < -0.3 is 10.6 Å². The number of hydrogen-bond acceptors (Lipinski definition) is 4. The second-order valence-corrected chi connectivity index (χ2v) is 8.70. The van der Waals surface area contributed by atoms with Crippen molar-refractivity contribution < 1.29 is 4.79 Å². The van der Waals surface area contributed by atoms with Gasteiger partial charge >= 0.3 is 0 Å². The van der Waals surface area contributed by atoms with E-state index in [9.17, 15) is 4.79 Å². The maximum absolute atomic E-state index is 12.2. The second kappa shape index (κ2) is 9.23. The Kier molecular flexibility index (Phi) is 6.25. The number of hydrogen-bond donors (Lipinski definition) is 2. The Morgan fingerprint density at radius 3 is 2.45 bits per heavy atom. The Morgan fingerprint density at radius 2 is 1.72 bits per heavy atom. The molecule has 1 heterocycles. The van der Waals surface area contributed by atoms with Crippen LogP contribution in [0.15, 0.2) is 53.9 Å². The maximum atomic E-state index is 12.2. The fourth-order valence-corrected chi connectivity index (χ4v) is 4.55. The topological polar surface area (TPSA) is 54.0 Å². The van der Waals surface area contributed by atoms with Crippen molar-refractivity contribution in [3.63, 3.8) is 0 Å². The van der Waals surface area contributed by atoms with E-state index in [1.807, 2.05) is 29.6 Å². The van der Waals surface area contributed by atoms with Gasteiger partial charge in [0.1, 0.15) is 0 Å². The van der Waals surface area contributed by atoms with Crippen LogP contribution >= 0.6 is 11.3 Å². The summed E-state index contributed by atoms with van der Waals surface area (Å²) in [5.41, 5.74) is 5.09. The summed E-state index contributed by atoms with van der Waals surface area (Å²) >= 11 is 1.58. The minimum Gasteiger partial charge on any atom is -0.332 e. The zero-order valence-corrected chi connectivity index (χ0v) is 17.6. The molecule has 1 amide bonds. The Morgan fingerprint density at radius 1 is 1.03 bits per heavy atom. The Hall–Kier alpha value is -2.66. The van der Waals surface area contributed by atoms with Crippen molar-refractivity contribution in [2.24, 2.45) is 5.92 Å². The number of anilines is 3. The molecular formula is C24H27N3OS. The lowest BCUT2D eigenvalue weighted by molar-refractivity contribution is -0.116. The lowest BCUT2D eigenvalue weighted by Crippen LogP contribution is -2.12. The smallest absolute Gasteiger partial charge is 0.224 e. The lowest BCUT2D eigenvalue weighted by atomic mass is 10.0. The Balaban J connectivity index is 1.32. The fraction of sp³-hybridized carbons (Fsp3) is 0.333.